The lowest BCUT2D eigenvalue weighted by atomic mass is 9.71. The molecule has 17 heavy (non-hydrogen) atoms. The Bertz CT molecular complexity index is 328. The van der Waals surface area contributed by atoms with Crippen LogP contribution in [0.1, 0.15) is 56.9 Å². The van der Waals surface area contributed by atoms with E-state index in [0.717, 1.165) is 18.0 Å². The fraction of sp³-hybridized carbons (Fsp3) is 0.733. The lowest BCUT2D eigenvalue weighted by Crippen LogP contribution is -2.36. The van der Waals surface area contributed by atoms with Crippen LogP contribution < -0.4 is 5.32 Å². The summed E-state index contributed by atoms with van der Waals surface area (Å²) in [5, 5.41) is 3.67. The first-order valence-electron chi connectivity index (χ1n) is 7.11. The summed E-state index contributed by atoms with van der Waals surface area (Å²) in [6.07, 6.45) is 15.2. The Hall–Kier alpha value is -0.760. The van der Waals surface area contributed by atoms with Crippen molar-refractivity contribution in [3.8, 4) is 0 Å². The summed E-state index contributed by atoms with van der Waals surface area (Å²) < 4.78 is 5.09. The SMILES string of the molecule is c1cc(CNC2CCC3(CCCC3)CC2)co1. The van der Waals surface area contributed by atoms with Gasteiger partial charge in [-0.1, -0.05) is 12.8 Å². The highest BCUT2D eigenvalue weighted by molar-refractivity contribution is 5.05. The highest BCUT2D eigenvalue weighted by atomic mass is 16.3. The van der Waals surface area contributed by atoms with Gasteiger partial charge in [0.2, 0.25) is 0 Å². The molecule has 2 nitrogen and oxygen atoms in total. The topological polar surface area (TPSA) is 25.2 Å². The molecule has 1 heterocycles. The van der Waals surface area contributed by atoms with Gasteiger partial charge in [-0.3, -0.25) is 0 Å². The molecule has 94 valence electrons. The van der Waals surface area contributed by atoms with Crippen molar-refractivity contribution in [3.63, 3.8) is 0 Å². The highest BCUT2D eigenvalue weighted by Crippen LogP contribution is 2.48. The Labute approximate surface area is 104 Å². The summed E-state index contributed by atoms with van der Waals surface area (Å²) in [7, 11) is 0. The molecular formula is C15H23NO. The van der Waals surface area contributed by atoms with E-state index in [9.17, 15) is 0 Å². The van der Waals surface area contributed by atoms with Crippen LogP contribution in [-0.2, 0) is 6.54 Å². The quantitative estimate of drug-likeness (QED) is 0.857. The monoisotopic (exact) mass is 233 g/mol. The third kappa shape index (κ3) is 2.57. The molecule has 2 aliphatic carbocycles. The molecule has 3 rings (SSSR count). The van der Waals surface area contributed by atoms with Crippen LogP contribution in [-0.4, -0.2) is 6.04 Å². The normalized spacial score (nSPS) is 24.5. The standard InChI is InChI=1S/C15H23NO/c1-2-7-15(6-1)8-3-14(4-9-15)16-11-13-5-10-17-12-13/h5,10,12,14,16H,1-4,6-9,11H2. The van der Waals surface area contributed by atoms with Crippen LogP contribution in [0.5, 0.6) is 0 Å². The summed E-state index contributed by atoms with van der Waals surface area (Å²) in [6.45, 7) is 0.966. The molecule has 1 N–H and O–H groups in total. The van der Waals surface area contributed by atoms with E-state index in [1.165, 1.54) is 56.9 Å². The molecule has 0 saturated heterocycles. The number of hydrogen-bond acceptors (Lipinski definition) is 2. The van der Waals surface area contributed by atoms with Gasteiger partial charge in [-0.2, -0.15) is 0 Å². The van der Waals surface area contributed by atoms with E-state index in [1.807, 2.05) is 12.3 Å². The van der Waals surface area contributed by atoms with Crippen molar-refractivity contribution in [1.82, 2.24) is 5.32 Å². The van der Waals surface area contributed by atoms with Gasteiger partial charge in [0.05, 0.1) is 12.5 Å². The van der Waals surface area contributed by atoms with Crippen molar-refractivity contribution in [2.24, 2.45) is 5.41 Å². The van der Waals surface area contributed by atoms with Crippen molar-refractivity contribution in [3.05, 3.63) is 24.2 Å². The van der Waals surface area contributed by atoms with E-state index in [1.54, 1.807) is 6.26 Å². The molecule has 0 aliphatic heterocycles. The highest BCUT2D eigenvalue weighted by Gasteiger charge is 2.37. The second-order valence-electron chi connectivity index (χ2n) is 5.99. The van der Waals surface area contributed by atoms with Gasteiger partial charge in [0.15, 0.2) is 0 Å². The summed E-state index contributed by atoms with van der Waals surface area (Å²) in [6, 6.07) is 2.78. The largest absolute Gasteiger partial charge is 0.472 e. The first-order chi connectivity index (χ1) is 8.36. The maximum Gasteiger partial charge on any atom is 0.0947 e. The summed E-state index contributed by atoms with van der Waals surface area (Å²) in [5.41, 5.74) is 2.03. The molecule has 2 saturated carbocycles. The van der Waals surface area contributed by atoms with Crippen molar-refractivity contribution in [2.75, 3.05) is 0 Å². The Balaban J connectivity index is 1.45. The zero-order valence-corrected chi connectivity index (χ0v) is 10.6. The molecule has 2 fully saturated rings. The van der Waals surface area contributed by atoms with Crippen LogP contribution in [0.4, 0.5) is 0 Å². The number of rotatable bonds is 3. The van der Waals surface area contributed by atoms with Crippen LogP contribution in [0, 0.1) is 5.41 Å². The minimum Gasteiger partial charge on any atom is -0.472 e. The van der Waals surface area contributed by atoms with E-state index >= 15 is 0 Å². The van der Waals surface area contributed by atoms with Crippen molar-refractivity contribution < 1.29 is 4.42 Å². The maximum atomic E-state index is 5.09. The second kappa shape index (κ2) is 4.85. The smallest absolute Gasteiger partial charge is 0.0947 e. The van der Waals surface area contributed by atoms with Crippen LogP contribution >= 0.6 is 0 Å². The molecule has 1 aromatic rings. The Morgan fingerprint density at radius 2 is 1.94 bits per heavy atom. The minimum atomic E-state index is 0.733. The average molecular weight is 233 g/mol. The van der Waals surface area contributed by atoms with Crippen molar-refractivity contribution in [1.29, 1.82) is 0 Å². The third-order valence-corrected chi connectivity index (χ3v) is 4.89. The van der Waals surface area contributed by atoms with Crippen molar-refractivity contribution >= 4 is 0 Å². The lowest BCUT2D eigenvalue weighted by molar-refractivity contribution is 0.168. The van der Waals surface area contributed by atoms with E-state index in [4.69, 9.17) is 4.42 Å². The Morgan fingerprint density at radius 1 is 1.18 bits per heavy atom. The van der Waals surface area contributed by atoms with E-state index < -0.39 is 0 Å². The fourth-order valence-corrected chi connectivity index (χ4v) is 3.71. The van der Waals surface area contributed by atoms with Gasteiger partial charge >= 0.3 is 0 Å². The van der Waals surface area contributed by atoms with Gasteiger partial charge in [-0.25, -0.2) is 0 Å². The molecule has 0 unspecified atom stereocenters. The Kier molecular flexibility index (Phi) is 3.24. The minimum absolute atomic E-state index is 0.733. The number of nitrogens with one attached hydrogen (secondary N) is 1. The fourth-order valence-electron chi connectivity index (χ4n) is 3.71. The molecule has 0 amide bonds. The van der Waals surface area contributed by atoms with E-state index in [-0.39, 0.29) is 0 Å². The molecule has 0 aromatic carbocycles. The zero-order chi connectivity index (χ0) is 11.6. The predicted molar refractivity (Wildman–Crippen MR) is 68.7 cm³/mol. The first-order valence-corrected chi connectivity index (χ1v) is 7.11. The maximum absolute atomic E-state index is 5.09. The molecule has 2 aliphatic rings. The summed E-state index contributed by atoms with van der Waals surface area (Å²) in [5.74, 6) is 0. The van der Waals surface area contributed by atoms with Gasteiger partial charge in [0.1, 0.15) is 0 Å². The average Bonchev–Trinajstić information content (AvgIpc) is 3.01. The third-order valence-electron chi connectivity index (χ3n) is 4.89. The van der Waals surface area contributed by atoms with Gasteiger partial charge in [0, 0.05) is 18.2 Å². The van der Waals surface area contributed by atoms with Crippen LogP contribution in [0.15, 0.2) is 23.0 Å². The van der Waals surface area contributed by atoms with Gasteiger partial charge in [-0.05, 0) is 50.0 Å². The van der Waals surface area contributed by atoms with Gasteiger partial charge < -0.3 is 9.73 Å². The molecule has 0 atom stereocenters. The number of furan rings is 1. The molecule has 0 radical (unpaired) electrons. The molecule has 0 bridgehead atoms. The molecule has 2 heteroatoms. The van der Waals surface area contributed by atoms with Crippen LogP contribution in [0.2, 0.25) is 0 Å². The zero-order valence-electron chi connectivity index (χ0n) is 10.6. The van der Waals surface area contributed by atoms with Gasteiger partial charge in [-0.15, -0.1) is 0 Å². The molecular weight excluding hydrogens is 210 g/mol. The van der Waals surface area contributed by atoms with E-state index in [0.29, 0.717) is 0 Å². The number of hydrogen-bond donors (Lipinski definition) is 1. The van der Waals surface area contributed by atoms with Gasteiger partial charge in [0.25, 0.3) is 0 Å². The first kappa shape index (κ1) is 11.3. The van der Waals surface area contributed by atoms with Crippen LogP contribution in [0.3, 0.4) is 0 Å². The summed E-state index contributed by atoms with van der Waals surface area (Å²) >= 11 is 0. The predicted octanol–water partition coefficient (Wildman–Crippen LogP) is 3.87. The lowest BCUT2D eigenvalue weighted by Gasteiger charge is -2.37. The molecule has 1 aromatic heterocycles. The van der Waals surface area contributed by atoms with Crippen LogP contribution in [0.25, 0.3) is 0 Å². The molecule has 1 spiro atoms. The summed E-state index contributed by atoms with van der Waals surface area (Å²) in [4.78, 5) is 0. The van der Waals surface area contributed by atoms with Crippen molar-refractivity contribution in [2.45, 2.75) is 64.0 Å². The Morgan fingerprint density at radius 3 is 2.59 bits per heavy atom. The van der Waals surface area contributed by atoms with E-state index in [2.05, 4.69) is 5.32 Å². The second-order valence-corrected chi connectivity index (χ2v) is 5.99.